The monoisotopic (exact) mass is 192 g/mol. The number of thioether (sulfide) groups is 1. The minimum absolute atomic E-state index is 0.248. The van der Waals surface area contributed by atoms with Crippen molar-refractivity contribution in [3.63, 3.8) is 0 Å². The lowest BCUT2D eigenvalue weighted by molar-refractivity contribution is -0.136. The fourth-order valence-corrected chi connectivity index (χ4v) is 1.74. The van der Waals surface area contributed by atoms with Gasteiger partial charge in [-0.05, 0) is 18.6 Å². The minimum Gasteiger partial charge on any atom is -0.480 e. The van der Waals surface area contributed by atoms with Crippen molar-refractivity contribution in [3.8, 4) is 0 Å². The van der Waals surface area contributed by atoms with Crippen molar-refractivity contribution in [2.24, 2.45) is 0 Å². The first-order chi connectivity index (χ1) is 5.72. The van der Waals surface area contributed by atoms with Crippen molar-refractivity contribution in [3.05, 3.63) is 0 Å². The molecule has 0 aromatic heterocycles. The second-order valence-corrected chi connectivity index (χ2v) is 3.76. The first-order valence-electron chi connectivity index (χ1n) is 4.05. The molecule has 12 heavy (non-hydrogen) atoms. The van der Waals surface area contributed by atoms with Gasteiger partial charge in [0.25, 0.3) is 0 Å². The van der Waals surface area contributed by atoms with Gasteiger partial charge in [-0.3, -0.25) is 4.79 Å². The van der Waals surface area contributed by atoms with Crippen molar-refractivity contribution >= 4 is 17.7 Å². The highest BCUT2D eigenvalue weighted by Gasteiger charge is 2.14. The molecule has 0 radical (unpaired) electrons. The van der Waals surface area contributed by atoms with Crippen LogP contribution in [0.3, 0.4) is 0 Å². The molecule has 0 aliphatic carbocycles. The van der Waals surface area contributed by atoms with Gasteiger partial charge < -0.3 is 9.84 Å². The molecule has 0 bridgehead atoms. The van der Waals surface area contributed by atoms with Crippen LogP contribution in [-0.4, -0.2) is 35.8 Å². The van der Waals surface area contributed by atoms with Crippen LogP contribution < -0.4 is 0 Å². The maximum atomic E-state index is 10.5. The zero-order valence-corrected chi connectivity index (χ0v) is 8.39. The number of ether oxygens (including phenoxy) is 1. The Bertz CT molecular complexity index is 127. The SMILES string of the molecule is CCC(SCCCOC)C(=O)O. The molecule has 0 heterocycles. The third kappa shape index (κ3) is 5.43. The number of aliphatic carboxylic acids is 1. The molecule has 0 aromatic carbocycles. The summed E-state index contributed by atoms with van der Waals surface area (Å²) in [4.78, 5) is 10.5. The molecule has 0 spiro atoms. The molecule has 3 nitrogen and oxygen atoms in total. The molecule has 72 valence electrons. The largest absolute Gasteiger partial charge is 0.480 e. The standard InChI is InChI=1S/C8H16O3S/c1-3-7(8(9)10)12-6-4-5-11-2/h7H,3-6H2,1-2H3,(H,9,10). The van der Waals surface area contributed by atoms with E-state index in [1.54, 1.807) is 7.11 Å². The number of carboxylic acid groups (broad SMARTS) is 1. The number of methoxy groups -OCH3 is 1. The molecule has 0 aromatic rings. The van der Waals surface area contributed by atoms with Gasteiger partial charge >= 0.3 is 5.97 Å². The summed E-state index contributed by atoms with van der Waals surface area (Å²) in [7, 11) is 1.65. The summed E-state index contributed by atoms with van der Waals surface area (Å²) in [5.74, 6) is 0.151. The van der Waals surface area contributed by atoms with Crippen LogP contribution in [0.5, 0.6) is 0 Å². The highest BCUT2D eigenvalue weighted by atomic mass is 32.2. The number of rotatable bonds is 7. The van der Waals surface area contributed by atoms with E-state index in [1.165, 1.54) is 11.8 Å². The van der Waals surface area contributed by atoms with Gasteiger partial charge in [-0.25, -0.2) is 0 Å². The number of carbonyl (C=O) groups is 1. The number of hydrogen-bond donors (Lipinski definition) is 1. The molecule has 0 fully saturated rings. The molecular weight excluding hydrogens is 176 g/mol. The van der Waals surface area contributed by atoms with Crippen LogP contribution in [0.1, 0.15) is 19.8 Å². The van der Waals surface area contributed by atoms with Crippen LogP contribution in [0.4, 0.5) is 0 Å². The van der Waals surface area contributed by atoms with Gasteiger partial charge in [-0.15, -0.1) is 11.8 Å². The zero-order chi connectivity index (χ0) is 9.40. The second kappa shape index (κ2) is 7.43. The second-order valence-electron chi connectivity index (χ2n) is 2.45. The molecule has 0 saturated heterocycles. The van der Waals surface area contributed by atoms with Crippen LogP contribution in [-0.2, 0) is 9.53 Å². The quantitative estimate of drug-likeness (QED) is 0.623. The van der Waals surface area contributed by atoms with Gasteiger partial charge in [0.2, 0.25) is 0 Å². The molecule has 0 amide bonds. The average Bonchev–Trinajstić information content (AvgIpc) is 2.04. The van der Waals surface area contributed by atoms with Gasteiger partial charge in [0, 0.05) is 13.7 Å². The highest BCUT2D eigenvalue weighted by Crippen LogP contribution is 2.15. The first kappa shape index (κ1) is 11.8. The summed E-state index contributed by atoms with van der Waals surface area (Å²) < 4.78 is 4.86. The molecule has 0 aliphatic heterocycles. The Hall–Kier alpha value is -0.220. The van der Waals surface area contributed by atoms with Crippen LogP contribution >= 0.6 is 11.8 Å². The predicted molar refractivity (Wildman–Crippen MR) is 50.7 cm³/mol. The van der Waals surface area contributed by atoms with E-state index in [0.717, 1.165) is 12.2 Å². The Morgan fingerprint density at radius 2 is 2.33 bits per heavy atom. The van der Waals surface area contributed by atoms with E-state index in [9.17, 15) is 4.79 Å². The van der Waals surface area contributed by atoms with Crippen LogP contribution in [0.2, 0.25) is 0 Å². The zero-order valence-electron chi connectivity index (χ0n) is 7.58. The lowest BCUT2D eigenvalue weighted by Crippen LogP contribution is -2.15. The summed E-state index contributed by atoms with van der Waals surface area (Å²) in [6, 6.07) is 0. The topological polar surface area (TPSA) is 46.5 Å². The Labute approximate surface area is 77.5 Å². The van der Waals surface area contributed by atoms with Crippen LogP contribution in [0, 0.1) is 0 Å². The highest BCUT2D eigenvalue weighted by molar-refractivity contribution is 8.00. The molecule has 1 unspecified atom stereocenters. The van der Waals surface area contributed by atoms with Crippen molar-refractivity contribution in [2.45, 2.75) is 25.0 Å². The van der Waals surface area contributed by atoms with Gasteiger partial charge in [0.05, 0.1) is 0 Å². The van der Waals surface area contributed by atoms with Crippen molar-refractivity contribution in [2.75, 3.05) is 19.5 Å². The molecule has 0 aliphatic rings. The summed E-state index contributed by atoms with van der Waals surface area (Å²) in [5.41, 5.74) is 0. The lowest BCUT2D eigenvalue weighted by atomic mass is 10.3. The molecule has 0 saturated carbocycles. The van der Waals surface area contributed by atoms with Gasteiger partial charge in [-0.2, -0.15) is 0 Å². The maximum absolute atomic E-state index is 10.5. The van der Waals surface area contributed by atoms with Gasteiger partial charge in [-0.1, -0.05) is 6.92 Å². The van der Waals surface area contributed by atoms with E-state index in [2.05, 4.69) is 0 Å². The molecule has 4 heteroatoms. The average molecular weight is 192 g/mol. The van der Waals surface area contributed by atoms with E-state index in [1.807, 2.05) is 6.92 Å². The molecule has 1 atom stereocenters. The Balaban J connectivity index is 3.38. The van der Waals surface area contributed by atoms with E-state index in [0.29, 0.717) is 13.0 Å². The Morgan fingerprint density at radius 1 is 1.67 bits per heavy atom. The van der Waals surface area contributed by atoms with Crippen molar-refractivity contribution in [1.82, 2.24) is 0 Å². The third-order valence-electron chi connectivity index (χ3n) is 1.46. The Morgan fingerprint density at radius 3 is 2.75 bits per heavy atom. The first-order valence-corrected chi connectivity index (χ1v) is 5.10. The fourth-order valence-electron chi connectivity index (χ4n) is 0.793. The fraction of sp³-hybridized carbons (Fsp3) is 0.875. The predicted octanol–water partition coefficient (Wildman–Crippen LogP) is 1.62. The lowest BCUT2D eigenvalue weighted by Gasteiger charge is -2.08. The Kier molecular flexibility index (Phi) is 7.29. The van der Waals surface area contributed by atoms with Gasteiger partial charge in [0.1, 0.15) is 5.25 Å². The van der Waals surface area contributed by atoms with Gasteiger partial charge in [0.15, 0.2) is 0 Å². The minimum atomic E-state index is -0.708. The number of hydrogen-bond acceptors (Lipinski definition) is 3. The van der Waals surface area contributed by atoms with E-state index in [4.69, 9.17) is 9.84 Å². The van der Waals surface area contributed by atoms with Crippen molar-refractivity contribution < 1.29 is 14.6 Å². The summed E-state index contributed by atoms with van der Waals surface area (Å²) in [6.07, 6.45) is 1.61. The van der Waals surface area contributed by atoms with Crippen LogP contribution in [0.25, 0.3) is 0 Å². The van der Waals surface area contributed by atoms with E-state index >= 15 is 0 Å². The molecule has 1 N–H and O–H groups in total. The molecule has 0 rings (SSSR count). The molecular formula is C8H16O3S. The summed E-state index contributed by atoms with van der Waals surface area (Å²) in [5, 5.41) is 8.43. The normalized spacial score (nSPS) is 12.8. The van der Waals surface area contributed by atoms with E-state index in [-0.39, 0.29) is 5.25 Å². The maximum Gasteiger partial charge on any atom is 0.316 e. The van der Waals surface area contributed by atoms with E-state index < -0.39 is 5.97 Å². The third-order valence-corrected chi connectivity index (χ3v) is 2.92. The van der Waals surface area contributed by atoms with Crippen LogP contribution in [0.15, 0.2) is 0 Å². The summed E-state index contributed by atoms with van der Waals surface area (Å²) in [6.45, 7) is 2.60. The number of carboxylic acids is 1. The van der Waals surface area contributed by atoms with Crippen molar-refractivity contribution in [1.29, 1.82) is 0 Å². The smallest absolute Gasteiger partial charge is 0.316 e. The summed E-state index contributed by atoms with van der Waals surface area (Å²) >= 11 is 1.49.